The molecule has 1 aromatic carbocycles. The molecule has 120 valence electrons. The van der Waals surface area contributed by atoms with E-state index in [2.05, 4.69) is 15.0 Å². The number of rotatable bonds is 2. The number of hydrogen-bond donors (Lipinski definition) is 2. The van der Waals surface area contributed by atoms with Crippen LogP contribution in [0, 0.1) is 11.6 Å². The highest BCUT2D eigenvalue weighted by Gasteiger charge is 2.16. The third-order valence-electron chi connectivity index (χ3n) is 3.34. The molecule has 0 aliphatic rings. The highest BCUT2D eigenvalue weighted by molar-refractivity contribution is 6.05. The van der Waals surface area contributed by atoms with E-state index in [1.807, 2.05) is 0 Å². The van der Waals surface area contributed by atoms with Crippen molar-refractivity contribution in [1.29, 1.82) is 0 Å². The lowest BCUT2D eigenvalue weighted by molar-refractivity contribution is 0.100. The van der Waals surface area contributed by atoms with E-state index in [0.717, 1.165) is 12.4 Å². The Morgan fingerprint density at radius 2 is 1.79 bits per heavy atom. The van der Waals surface area contributed by atoms with Gasteiger partial charge in [-0.15, -0.1) is 0 Å². The summed E-state index contributed by atoms with van der Waals surface area (Å²) in [4.78, 5) is 23.0. The summed E-state index contributed by atoms with van der Waals surface area (Å²) in [5, 5.41) is 0.387. The zero-order chi connectivity index (χ0) is 17.3. The van der Waals surface area contributed by atoms with Crippen LogP contribution >= 0.6 is 0 Å². The van der Waals surface area contributed by atoms with E-state index in [-0.39, 0.29) is 22.6 Å². The standard InChI is InChI=1S/C16H11F2N5O/c17-11-6-21-7-12(18)14(11)9-3-4-22-13-2-1-8(5-10(9)13)15(24)23-16(19)20/h1-7H,(H4,19,20,23,24). The number of nitrogens with zero attached hydrogens (tertiary/aromatic N) is 3. The van der Waals surface area contributed by atoms with Crippen molar-refractivity contribution < 1.29 is 13.6 Å². The third kappa shape index (κ3) is 2.76. The first-order valence-electron chi connectivity index (χ1n) is 6.79. The molecule has 24 heavy (non-hydrogen) atoms. The molecule has 0 unspecified atom stereocenters. The minimum Gasteiger partial charge on any atom is -0.370 e. The van der Waals surface area contributed by atoms with Gasteiger partial charge in [-0.05, 0) is 29.8 Å². The molecule has 0 fully saturated rings. The van der Waals surface area contributed by atoms with Gasteiger partial charge in [0, 0.05) is 17.1 Å². The van der Waals surface area contributed by atoms with Crippen molar-refractivity contribution in [3.8, 4) is 11.1 Å². The van der Waals surface area contributed by atoms with Gasteiger partial charge >= 0.3 is 0 Å². The van der Waals surface area contributed by atoms with E-state index in [1.165, 1.54) is 24.4 Å². The summed E-state index contributed by atoms with van der Waals surface area (Å²) in [5.74, 6) is -2.67. The summed E-state index contributed by atoms with van der Waals surface area (Å²) in [6.07, 6.45) is 3.26. The third-order valence-corrected chi connectivity index (χ3v) is 3.34. The molecule has 0 saturated heterocycles. The van der Waals surface area contributed by atoms with Gasteiger partial charge in [-0.1, -0.05) is 0 Å². The summed E-state index contributed by atoms with van der Waals surface area (Å²) < 4.78 is 28.1. The van der Waals surface area contributed by atoms with Crippen LogP contribution in [0.2, 0.25) is 0 Å². The lowest BCUT2D eigenvalue weighted by Crippen LogP contribution is -2.24. The molecule has 0 aliphatic heterocycles. The molecule has 2 aromatic heterocycles. The summed E-state index contributed by atoms with van der Waals surface area (Å²) in [7, 11) is 0. The fraction of sp³-hybridized carbons (Fsp3) is 0. The van der Waals surface area contributed by atoms with Crippen LogP contribution < -0.4 is 11.5 Å². The summed E-state index contributed by atoms with van der Waals surface area (Å²) in [6, 6.07) is 5.92. The topological polar surface area (TPSA) is 107 Å². The number of guanidine groups is 1. The van der Waals surface area contributed by atoms with Gasteiger partial charge < -0.3 is 11.5 Å². The zero-order valence-corrected chi connectivity index (χ0v) is 12.2. The number of carbonyl (C=O) groups excluding carboxylic acids is 1. The molecular weight excluding hydrogens is 316 g/mol. The maximum absolute atomic E-state index is 14.1. The Balaban J connectivity index is 2.26. The first-order chi connectivity index (χ1) is 11.5. The maximum Gasteiger partial charge on any atom is 0.280 e. The number of amides is 1. The number of aliphatic imine (C=N–C) groups is 1. The number of hydrogen-bond acceptors (Lipinski definition) is 3. The van der Waals surface area contributed by atoms with Crippen LogP contribution in [0.4, 0.5) is 8.78 Å². The van der Waals surface area contributed by atoms with Crippen molar-refractivity contribution in [2.24, 2.45) is 16.5 Å². The van der Waals surface area contributed by atoms with E-state index in [0.29, 0.717) is 10.9 Å². The highest BCUT2D eigenvalue weighted by Crippen LogP contribution is 2.31. The number of nitrogens with two attached hydrogens (primary N) is 2. The molecule has 8 heteroatoms. The van der Waals surface area contributed by atoms with Gasteiger partial charge in [0.2, 0.25) is 0 Å². The molecule has 0 aliphatic carbocycles. The van der Waals surface area contributed by atoms with Gasteiger partial charge in [-0.3, -0.25) is 14.8 Å². The van der Waals surface area contributed by atoms with E-state index in [1.54, 1.807) is 6.07 Å². The minimum absolute atomic E-state index is 0.167. The van der Waals surface area contributed by atoms with E-state index >= 15 is 0 Å². The predicted octanol–water partition coefficient (Wildman–Crippen LogP) is 1.99. The van der Waals surface area contributed by atoms with Crippen LogP contribution in [0.15, 0.2) is 47.8 Å². The smallest absolute Gasteiger partial charge is 0.280 e. The van der Waals surface area contributed by atoms with E-state index in [9.17, 15) is 13.6 Å². The molecule has 0 atom stereocenters. The average Bonchev–Trinajstić information content (AvgIpc) is 2.53. The number of pyridine rings is 2. The van der Waals surface area contributed by atoms with Gasteiger partial charge in [0.15, 0.2) is 17.6 Å². The second kappa shape index (κ2) is 5.99. The lowest BCUT2D eigenvalue weighted by Gasteiger charge is -2.09. The molecule has 4 N–H and O–H groups in total. The molecule has 6 nitrogen and oxygen atoms in total. The number of aromatic nitrogens is 2. The fourth-order valence-electron chi connectivity index (χ4n) is 2.35. The van der Waals surface area contributed by atoms with Gasteiger partial charge in [0.25, 0.3) is 5.91 Å². The van der Waals surface area contributed by atoms with Crippen LogP contribution in [0.5, 0.6) is 0 Å². The van der Waals surface area contributed by atoms with Gasteiger partial charge in [-0.2, -0.15) is 4.99 Å². The molecule has 0 bridgehead atoms. The first-order valence-corrected chi connectivity index (χ1v) is 6.79. The Morgan fingerprint density at radius 1 is 1.08 bits per heavy atom. The van der Waals surface area contributed by atoms with Gasteiger partial charge in [0.1, 0.15) is 0 Å². The lowest BCUT2D eigenvalue weighted by atomic mass is 9.99. The quantitative estimate of drug-likeness (QED) is 0.553. The molecule has 3 aromatic rings. The second-order valence-electron chi connectivity index (χ2n) is 4.91. The molecular formula is C16H11F2N5O. The number of benzene rings is 1. The van der Waals surface area contributed by atoms with Crippen molar-refractivity contribution in [1.82, 2.24) is 9.97 Å². The highest BCUT2D eigenvalue weighted by atomic mass is 19.1. The molecule has 1 amide bonds. The number of halogens is 2. The maximum atomic E-state index is 14.1. The Kier molecular flexibility index (Phi) is 3.87. The Bertz CT molecular complexity index is 963. The van der Waals surface area contributed by atoms with E-state index < -0.39 is 17.5 Å². The van der Waals surface area contributed by atoms with Crippen molar-refractivity contribution in [2.45, 2.75) is 0 Å². The Morgan fingerprint density at radius 3 is 2.46 bits per heavy atom. The molecule has 0 saturated carbocycles. The van der Waals surface area contributed by atoms with Crippen LogP contribution in [0.1, 0.15) is 10.4 Å². The summed E-state index contributed by atoms with van der Waals surface area (Å²) in [6.45, 7) is 0. The molecule has 2 heterocycles. The molecule has 3 rings (SSSR count). The SMILES string of the molecule is NC(N)=NC(=O)c1ccc2nccc(-c3c(F)cncc3F)c2c1. The van der Waals surface area contributed by atoms with Crippen LogP contribution in [-0.4, -0.2) is 21.8 Å². The van der Waals surface area contributed by atoms with Crippen molar-refractivity contribution in [3.63, 3.8) is 0 Å². The van der Waals surface area contributed by atoms with Crippen molar-refractivity contribution in [2.75, 3.05) is 0 Å². The number of fused-ring (bicyclic) bond motifs is 1. The summed E-state index contributed by atoms with van der Waals surface area (Å²) in [5.41, 5.74) is 11.0. The van der Waals surface area contributed by atoms with Gasteiger partial charge in [0.05, 0.1) is 23.5 Å². The van der Waals surface area contributed by atoms with Gasteiger partial charge in [-0.25, -0.2) is 8.78 Å². The normalized spacial score (nSPS) is 10.6. The molecule has 0 spiro atoms. The zero-order valence-electron chi connectivity index (χ0n) is 12.2. The van der Waals surface area contributed by atoms with E-state index in [4.69, 9.17) is 11.5 Å². The largest absolute Gasteiger partial charge is 0.370 e. The average molecular weight is 327 g/mol. The number of carbonyl (C=O) groups is 1. The van der Waals surface area contributed by atoms with Crippen LogP contribution in [0.25, 0.3) is 22.0 Å². The summed E-state index contributed by atoms with van der Waals surface area (Å²) >= 11 is 0. The molecule has 0 radical (unpaired) electrons. The Hall–Kier alpha value is -3.42. The fourth-order valence-corrected chi connectivity index (χ4v) is 2.35. The monoisotopic (exact) mass is 327 g/mol. The van der Waals surface area contributed by atoms with Crippen LogP contribution in [-0.2, 0) is 0 Å². The minimum atomic E-state index is -0.816. The van der Waals surface area contributed by atoms with Crippen molar-refractivity contribution in [3.05, 3.63) is 60.1 Å². The predicted molar refractivity (Wildman–Crippen MR) is 85.0 cm³/mol. The first kappa shape index (κ1) is 15.5. The van der Waals surface area contributed by atoms with Crippen molar-refractivity contribution >= 4 is 22.8 Å². The second-order valence-corrected chi connectivity index (χ2v) is 4.91. The van der Waals surface area contributed by atoms with Crippen LogP contribution in [0.3, 0.4) is 0 Å². The Labute approximate surface area is 134 Å².